The Kier molecular flexibility index (Phi) is 4.88. The fourth-order valence-electron chi connectivity index (χ4n) is 6.79. The van der Waals surface area contributed by atoms with Gasteiger partial charge in [-0.15, -0.1) is 0 Å². The molecule has 2 aromatic carbocycles. The minimum Gasteiger partial charge on any atom is -0.262 e. The van der Waals surface area contributed by atoms with Gasteiger partial charge in [0.25, 0.3) is 6.33 Å². The second kappa shape index (κ2) is 7.95. The van der Waals surface area contributed by atoms with Crippen LogP contribution in [0.5, 0.6) is 0 Å². The summed E-state index contributed by atoms with van der Waals surface area (Å²) in [6, 6.07) is 26.1. The van der Waals surface area contributed by atoms with Crippen LogP contribution in [0.25, 0.3) is 33.5 Å². The molecule has 194 valence electrons. The topological polar surface area (TPSA) is 38.5 Å². The van der Waals surface area contributed by atoms with Crippen molar-refractivity contribution in [3.05, 3.63) is 108 Å². The summed E-state index contributed by atoms with van der Waals surface area (Å²) < 4.78 is 6.81. The van der Waals surface area contributed by atoms with Crippen molar-refractivity contribution in [2.45, 2.75) is 57.5 Å². The Morgan fingerprint density at radius 2 is 1.67 bits per heavy atom. The van der Waals surface area contributed by atoms with Gasteiger partial charge >= 0.3 is 0 Å². The minimum atomic E-state index is -0.218. The number of fused-ring (bicyclic) bond motifs is 8. The highest BCUT2D eigenvalue weighted by Crippen LogP contribution is 2.58. The molecule has 0 saturated carbocycles. The van der Waals surface area contributed by atoms with Crippen LogP contribution in [0.3, 0.4) is 0 Å². The fourth-order valence-corrected chi connectivity index (χ4v) is 6.79. The van der Waals surface area contributed by atoms with Crippen LogP contribution in [0.15, 0.2) is 97.0 Å². The molecule has 2 aliphatic rings. The van der Waals surface area contributed by atoms with Crippen LogP contribution >= 0.6 is 0 Å². The molecule has 0 spiro atoms. The third kappa shape index (κ3) is 3.19. The van der Waals surface area contributed by atoms with Crippen molar-refractivity contribution in [1.82, 2.24) is 14.8 Å². The average Bonchev–Trinajstić information content (AvgIpc) is 3.33. The van der Waals surface area contributed by atoms with Gasteiger partial charge in [-0.1, -0.05) is 57.2 Å². The second-order valence-electron chi connectivity index (χ2n) is 12.5. The zero-order chi connectivity index (χ0) is 27.2. The molecule has 5 nitrogen and oxygen atoms in total. The average molecular weight is 514 g/mol. The van der Waals surface area contributed by atoms with E-state index >= 15 is 0 Å². The molecule has 4 heterocycles. The summed E-state index contributed by atoms with van der Waals surface area (Å²) in [5, 5.41) is 6.06. The van der Waals surface area contributed by atoms with Gasteiger partial charge in [0.05, 0.1) is 16.5 Å². The summed E-state index contributed by atoms with van der Waals surface area (Å²) in [5.41, 5.74) is 9.39. The van der Waals surface area contributed by atoms with Crippen LogP contribution in [0.1, 0.15) is 45.9 Å². The molecule has 0 fully saturated rings. The summed E-state index contributed by atoms with van der Waals surface area (Å²) in [6.07, 6.45) is 6.71. The van der Waals surface area contributed by atoms with Crippen molar-refractivity contribution in [3.8, 4) is 22.6 Å². The van der Waals surface area contributed by atoms with Gasteiger partial charge in [-0.25, -0.2) is 4.57 Å². The molecule has 0 radical (unpaired) electrons. The Bertz CT molecular complexity index is 1820. The molecular weight excluding hydrogens is 478 g/mol. The number of hydrogen-bond acceptors (Lipinski definition) is 2. The highest BCUT2D eigenvalue weighted by molar-refractivity contribution is 5.92. The molecule has 7 rings (SSSR count). The Morgan fingerprint density at radius 3 is 2.46 bits per heavy atom. The predicted molar refractivity (Wildman–Crippen MR) is 154 cm³/mol. The van der Waals surface area contributed by atoms with E-state index in [4.69, 9.17) is 10.1 Å². The van der Waals surface area contributed by atoms with E-state index in [1.54, 1.807) is 0 Å². The van der Waals surface area contributed by atoms with Gasteiger partial charge in [0.2, 0.25) is 5.69 Å². The van der Waals surface area contributed by atoms with E-state index in [1.807, 2.05) is 18.1 Å². The molecule has 0 N–H and O–H groups in total. The maximum absolute atomic E-state index is 4.88. The summed E-state index contributed by atoms with van der Waals surface area (Å²) in [5.74, 6) is 0. The highest BCUT2D eigenvalue weighted by atomic mass is 15.3. The SMILES string of the molecule is Cn1nc(C(C)(C)C)cc1-c1cccc[n+]1CC1=CC2(C)[n+]3cnc4ccccc4c3-c3ccccc3C12C. The Labute approximate surface area is 230 Å². The number of benzene rings is 2. The summed E-state index contributed by atoms with van der Waals surface area (Å²) in [6.45, 7) is 12.2. The molecule has 0 saturated heterocycles. The van der Waals surface area contributed by atoms with E-state index in [-0.39, 0.29) is 16.4 Å². The molecule has 2 atom stereocenters. The lowest BCUT2D eigenvalue weighted by Gasteiger charge is -2.54. The largest absolute Gasteiger partial charge is 0.288 e. The van der Waals surface area contributed by atoms with Crippen LogP contribution < -0.4 is 9.13 Å². The van der Waals surface area contributed by atoms with Gasteiger partial charge in [0.15, 0.2) is 18.3 Å². The molecular formula is C34H35N5+2. The van der Waals surface area contributed by atoms with Gasteiger partial charge in [-0.2, -0.15) is 9.67 Å². The summed E-state index contributed by atoms with van der Waals surface area (Å²) in [4.78, 5) is 4.88. The van der Waals surface area contributed by atoms with Gasteiger partial charge in [-0.3, -0.25) is 4.68 Å². The zero-order valence-electron chi connectivity index (χ0n) is 23.6. The first kappa shape index (κ1) is 24.0. The smallest absolute Gasteiger partial charge is 0.262 e. The van der Waals surface area contributed by atoms with Gasteiger partial charge in [0, 0.05) is 35.7 Å². The first-order chi connectivity index (χ1) is 18.6. The molecule has 1 aliphatic carbocycles. The fraction of sp³-hybridized carbons (Fsp3) is 0.294. The van der Waals surface area contributed by atoms with Crippen molar-refractivity contribution in [2.24, 2.45) is 7.05 Å². The molecule has 2 unspecified atom stereocenters. The van der Waals surface area contributed by atoms with Crippen molar-refractivity contribution in [3.63, 3.8) is 0 Å². The van der Waals surface area contributed by atoms with Crippen LogP contribution in [-0.2, 0) is 30.0 Å². The molecule has 0 amide bonds. The maximum atomic E-state index is 4.88. The summed E-state index contributed by atoms with van der Waals surface area (Å²) in [7, 11) is 2.05. The lowest BCUT2D eigenvalue weighted by atomic mass is 9.51. The Hall–Kier alpha value is -4.12. The zero-order valence-corrected chi connectivity index (χ0v) is 23.6. The van der Waals surface area contributed by atoms with E-state index in [2.05, 4.69) is 129 Å². The maximum Gasteiger partial charge on any atom is 0.288 e. The number of nitrogens with zero attached hydrogens (tertiary/aromatic N) is 5. The normalized spacial score (nSPS) is 21.5. The third-order valence-corrected chi connectivity index (χ3v) is 9.24. The Morgan fingerprint density at radius 1 is 0.923 bits per heavy atom. The van der Waals surface area contributed by atoms with E-state index in [1.165, 1.54) is 33.5 Å². The molecule has 0 bridgehead atoms. The van der Waals surface area contributed by atoms with E-state index in [0.29, 0.717) is 0 Å². The lowest BCUT2D eigenvalue weighted by molar-refractivity contribution is -0.759. The van der Waals surface area contributed by atoms with Gasteiger partial charge in [0.1, 0.15) is 16.9 Å². The third-order valence-electron chi connectivity index (χ3n) is 9.24. The number of rotatable bonds is 3. The molecule has 3 aromatic heterocycles. The standard InChI is InChI=1S/C34H35N5/c1-32(2,3)30-19-29(37(6)36-30)28-17-11-12-18-38(28)21-23-20-33(4)34(23,5)26-15-9-7-13-24(26)31-25-14-8-10-16-27(25)35-22-39(31)33/h7-20,22H,21H2,1-6H3/q+2. The van der Waals surface area contributed by atoms with Crippen LogP contribution in [0.4, 0.5) is 0 Å². The van der Waals surface area contributed by atoms with Crippen LogP contribution in [0, 0.1) is 0 Å². The quantitative estimate of drug-likeness (QED) is 0.226. The predicted octanol–water partition coefficient (Wildman–Crippen LogP) is 5.80. The Balaban J connectivity index is 1.38. The van der Waals surface area contributed by atoms with Crippen LogP contribution in [0.2, 0.25) is 0 Å². The number of aryl methyl sites for hydroxylation is 1. The molecule has 39 heavy (non-hydrogen) atoms. The first-order valence-corrected chi connectivity index (χ1v) is 13.8. The monoisotopic (exact) mass is 513 g/mol. The molecule has 5 aromatic rings. The second-order valence-corrected chi connectivity index (χ2v) is 12.5. The van der Waals surface area contributed by atoms with Crippen LogP contribution in [-0.4, -0.2) is 14.8 Å². The number of para-hydroxylation sites is 1. The number of pyridine rings is 1. The van der Waals surface area contributed by atoms with E-state index in [0.717, 1.165) is 23.4 Å². The van der Waals surface area contributed by atoms with E-state index < -0.39 is 0 Å². The lowest BCUT2D eigenvalue weighted by Crippen LogP contribution is -2.73. The minimum absolute atomic E-state index is 0.00393. The number of aromatic nitrogens is 5. The van der Waals surface area contributed by atoms with E-state index in [9.17, 15) is 0 Å². The van der Waals surface area contributed by atoms with Gasteiger partial charge < -0.3 is 0 Å². The number of hydrogen-bond donors (Lipinski definition) is 0. The van der Waals surface area contributed by atoms with Crippen molar-refractivity contribution in [2.75, 3.05) is 0 Å². The van der Waals surface area contributed by atoms with Crippen molar-refractivity contribution >= 4 is 10.9 Å². The van der Waals surface area contributed by atoms with Crippen molar-refractivity contribution in [1.29, 1.82) is 0 Å². The molecule has 5 heteroatoms. The highest BCUT2D eigenvalue weighted by Gasteiger charge is 2.63. The van der Waals surface area contributed by atoms with Gasteiger partial charge in [-0.05, 0) is 54.7 Å². The molecule has 1 aliphatic heterocycles. The first-order valence-electron chi connectivity index (χ1n) is 13.8. The number of allylic oxidation sites excluding steroid dienone is 2. The van der Waals surface area contributed by atoms with Crippen molar-refractivity contribution < 1.29 is 9.13 Å². The summed E-state index contributed by atoms with van der Waals surface area (Å²) >= 11 is 0.